The number of nitrogens with two attached hydrogens (primary N) is 1. The molecule has 4 rings (SSSR count). The molecule has 5 N–H and O–H groups in total. The number of primary amides is 1. The Balaban J connectivity index is 1.59. The van der Waals surface area contributed by atoms with Crippen LogP contribution in [0.5, 0.6) is 5.75 Å². The van der Waals surface area contributed by atoms with Crippen LogP contribution in [0.1, 0.15) is 42.6 Å². The van der Waals surface area contributed by atoms with Crippen molar-refractivity contribution in [3.63, 3.8) is 0 Å². The molecular weight excluding hydrogens is 521 g/mol. The maximum absolute atomic E-state index is 13.4. The average molecular weight is 551 g/mol. The van der Waals surface area contributed by atoms with Crippen LogP contribution in [-0.4, -0.2) is 23.6 Å². The minimum atomic E-state index is -4.97. The SMILES string of the molecule is CC1(C)CC(=O)C(C(=N)C(F)(F)F)=C(Nc2ccc(C(N)=O)c(Nc3ccc(OCc4ccccc4)cc3)c2)C1. The highest BCUT2D eigenvalue weighted by Crippen LogP contribution is 2.40. The van der Waals surface area contributed by atoms with E-state index in [9.17, 15) is 22.8 Å². The fraction of sp³-hybridized carbons (Fsp3) is 0.233. The molecule has 0 fully saturated rings. The first-order valence-corrected chi connectivity index (χ1v) is 12.5. The van der Waals surface area contributed by atoms with Gasteiger partial charge in [-0.15, -0.1) is 0 Å². The number of Topliss-reactive ketones (excluding diaryl/α,β-unsaturated/α-hetero) is 1. The first kappa shape index (κ1) is 28.4. The van der Waals surface area contributed by atoms with E-state index in [1.165, 1.54) is 18.2 Å². The Hall–Kier alpha value is -4.60. The zero-order valence-electron chi connectivity index (χ0n) is 22.0. The van der Waals surface area contributed by atoms with Crippen LogP contribution in [0.2, 0.25) is 0 Å². The molecule has 3 aromatic carbocycles. The van der Waals surface area contributed by atoms with Crippen molar-refractivity contribution >= 4 is 34.5 Å². The molecule has 0 heterocycles. The van der Waals surface area contributed by atoms with Crippen LogP contribution in [0.15, 0.2) is 84.1 Å². The molecule has 0 aliphatic heterocycles. The number of carbonyl (C=O) groups is 2. The van der Waals surface area contributed by atoms with Crippen molar-refractivity contribution < 1.29 is 27.5 Å². The molecule has 0 saturated heterocycles. The molecule has 3 aromatic rings. The number of alkyl halides is 3. The molecular formula is C30H29F3N4O3. The molecule has 1 aliphatic rings. The number of carbonyl (C=O) groups excluding carboxylic acids is 2. The Kier molecular flexibility index (Phi) is 7.99. The minimum Gasteiger partial charge on any atom is -0.489 e. The zero-order chi connectivity index (χ0) is 29.1. The molecule has 0 radical (unpaired) electrons. The van der Waals surface area contributed by atoms with Gasteiger partial charge in [0.15, 0.2) is 5.78 Å². The normalized spacial score (nSPS) is 15.0. The highest BCUT2D eigenvalue weighted by atomic mass is 19.4. The Morgan fingerprint density at radius 2 is 1.62 bits per heavy atom. The van der Waals surface area contributed by atoms with Gasteiger partial charge in [-0.2, -0.15) is 13.2 Å². The van der Waals surface area contributed by atoms with Gasteiger partial charge < -0.3 is 21.1 Å². The van der Waals surface area contributed by atoms with Crippen LogP contribution >= 0.6 is 0 Å². The zero-order valence-corrected chi connectivity index (χ0v) is 22.0. The van der Waals surface area contributed by atoms with Gasteiger partial charge in [-0.3, -0.25) is 15.0 Å². The van der Waals surface area contributed by atoms with Gasteiger partial charge in [-0.1, -0.05) is 44.2 Å². The van der Waals surface area contributed by atoms with Crippen molar-refractivity contribution in [1.82, 2.24) is 0 Å². The molecule has 10 heteroatoms. The third-order valence-electron chi connectivity index (χ3n) is 6.37. The van der Waals surface area contributed by atoms with Crippen LogP contribution in [0.25, 0.3) is 0 Å². The smallest absolute Gasteiger partial charge is 0.433 e. The number of amides is 1. The largest absolute Gasteiger partial charge is 0.489 e. The van der Waals surface area contributed by atoms with Crippen molar-refractivity contribution in [2.75, 3.05) is 10.6 Å². The van der Waals surface area contributed by atoms with E-state index in [0.717, 1.165) is 5.56 Å². The lowest BCUT2D eigenvalue weighted by Gasteiger charge is -2.33. The Morgan fingerprint density at radius 3 is 2.25 bits per heavy atom. The van der Waals surface area contributed by atoms with Crippen LogP contribution in [0.4, 0.5) is 30.2 Å². The molecule has 1 aliphatic carbocycles. The van der Waals surface area contributed by atoms with Gasteiger partial charge in [-0.05, 0) is 59.9 Å². The highest BCUT2D eigenvalue weighted by molar-refractivity contribution is 6.24. The van der Waals surface area contributed by atoms with Crippen molar-refractivity contribution in [3.05, 3.63) is 95.2 Å². The van der Waals surface area contributed by atoms with E-state index >= 15 is 0 Å². The second kappa shape index (κ2) is 11.3. The summed E-state index contributed by atoms with van der Waals surface area (Å²) >= 11 is 0. The number of rotatable bonds is 9. The monoisotopic (exact) mass is 550 g/mol. The number of benzene rings is 3. The number of allylic oxidation sites excluding steroid dienone is 2. The van der Waals surface area contributed by atoms with Gasteiger partial charge in [0.25, 0.3) is 5.91 Å². The number of ether oxygens (including phenoxy) is 1. The summed E-state index contributed by atoms with van der Waals surface area (Å²) in [5.41, 5.74) is 5.02. The maximum atomic E-state index is 13.4. The summed E-state index contributed by atoms with van der Waals surface area (Å²) in [4.78, 5) is 24.8. The first-order valence-electron chi connectivity index (χ1n) is 12.5. The Bertz CT molecular complexity index is 1460. The predicted octanol–water partition coefficient (Wildman–Crippen LogP) is 6.75. The molecule has 0 atom stereocenters. The van der Waals surface area contributed by atoms with E-state index in [1.807, 2.05) is 30.3 Å². The fourth-order valence-corrected chi connectivity index (χ4v) is 4.50. The summed E-state index contributed by atoms with van der Waals surface area (Å²) < 4.78 is 46.0. The summed E-state index contributed by atoms with van der Waals surface area (Å²) in [6.45, 7) is 3.95. The number of hydrogen-bond acceptors (Lipinski definition) is 6. The quantitative estimate of drug-likeness (QED) is 0.220. The summed E-state index contributed by atoms with van der Waals surface area (Å²) in [6.07, 6.45) is -4.96. The molecule has 208 valence electrons. The van der Waals surface area contributed by atoms with Crippen LogP contribution in [0, 0.1) is 10.8 Å². The van der Waals surface area contributed by atoms with E-state index in [-0.39, 0.29) is 24.1 Å². The Labute approximate surface area is 229 Å². The second-order valence-electron chi connectivity index (χ2n) is 10.3. The average Bonchev–Trinajstić information content (AvgIpc) is 2.87. The number of nitrogens with one attached hydrogen (secondary N) is 3. The van der Waals surface area contributed by atoms with Gasteiger partial charge in [-0.25, -0.2) is 0 Å². The molecule has 0 spiro atoms. The van der Waals surface area contributed by atoms with E-state index in [2.05, 4.69) is 10.6 Å². The highest BCUT2D eigenvalue weighted by Gasteiger charge is 2.44. The lowest BCUT2D eigenvalue weighted by Crippen LogP contribution is -2.36. The van der Waals surface area contributed by atoms with Gasteiger partial charge in [0, 0.05) is 23.5 Å². The van der Waals surface area contributed by atoms with E-state index in [4.69, 9.17) is 15.9 Å². The third kappa shape index (κ3) is 6.88. The van der Waals surface area contributed by atoms with E-state index in [0.29, 0.717) is 29.4 Å². The first-order chi connectivity index (χ1) is 18.8. The topological polar surface area (TPSA) is 117 Å². The third-order valence-corrected chi connectivity index (χ3v) is 6.37. The van der Waals surface area contributed by atoms with Gasteiger partial charge >= 0.3 is 6.18 Å². The summed E-state index contributed by atoms with van der Waals surface area (Å²) in [5.74, 6) is -0.816. The predicted molar refractivity (Wildman–Crippen MR) is 148 cm³/mol. The van der Waals surface area contributed by atoms with Gasteiger partial charge in [0.1, 0.15) is 18.1 Å². The number of halogens is 3. The number of anilines is 3. The summed E-state index contributed by atoms with van der Waals surface area (Å²) in [7, 11) is 0. The second-order valence-corrected chi connectivity index (χ2v) is 10.3. The van der Waals surface area contributed by atoms with Crippen LogP contribution in [0.3, 0.4) is 0 Å². The van der Waals surface area contributed by atoms with Gasteiger partial charge in [0.2, 0.25) is 0 Å². The summed E-state index contributed by atoms with van der Waals surface area (Å²) in [5, 5.41) is 13.7. The van der Waals surface area contributed by atoms with Gasteiger partial charge in [0.05, 0.1) is 16.8 Å². The van der Waals surface area contributed by atoms with Crippen molar-refractivity contribution in [3.8, 4) is 5.75 Å². The minimum absolute atomic E-state index is 0.00117. The fourth-order valence-electron chi connectivity index (χ4n) is 4.50. The lowest BCUT2D eigenvalue weighted by atomic mass is 9.74. The van der Waals surface area contributed by atoms with E-state index < -0.39 is 34.6 Å². The molecule has 0 bridgehead atoms. The van der Waals surface area contributed by atoms with E-state index in [1.54, 1.807) is 38.1 Å². The summed E-state index contributed by atoms with van der Waals surface area (Å²) in [6, 6.07) is 21.1. The van der Waals surface area contributed by atoms with Crippen LogP contribution in [-0.2, 0) is 11.4 Å². The van der Waals surface area contributed by atoms with Crippen molar-refractivity contribution in [2.45, 2.75) is 39.5 Å². The molecule has 40 heavy (non-hydrogen) atoms. The lowest BCUT2D eigenvalue weighted by molar-refractivity contribution is -0.118. The maximum Gasteiger partial charge on any atom is 0.433 e. The molecule has 1 amide bonds. The van der Waals surface area contributed by atoms with Crippen LogP contribution < -0.4 is 21.1 Å². The number of hydrogen-bond donors (Lipinski definition) is 4. The van der Waals surface area contributed by atoms with Crippen molar-refractivity contribution in [1.29, 1.82) is 5.41 Å². The Morgan fingerprint density at radius 1 is 0.975 bits per heavy atom. The molecule has 0 aromatic heterocycles. The molecule has 7 nitrogen and oxygen atoms in total. The number of ketones is 1. The molecule has 0 unspecified atom stereocenters. The standard InChI is InChI=1S/C30H29F3N4O3/c1-29(2)15-24(26(25(38)16-29)27(34)30(31,32)33)37-20-10-13-22(28(35)39)23(14-20)36-19-8-11-21(12-9-19)40-17-18-6-4-3-5-7-18/h3-14,34,36-37H,15-17H2,1-2H3,(H2,35,39). The van der Waals surface area contributed by atoms with Crippen molar-refractivity contribution in [2.24, 2.45) is 11.1 Å². The molecule has 0 saturated carbocycles.